The molecule has 4 rings (SSSR count). The molecule has 0 aliphatic heterocycles. The molecule has 0 atom stereocenters. The topological polar surface area (TPSA) is 70.8 Å². The number of rotatable bonds is 6. The standard InChI is InChI=1S/C27H22N4O/c1-19-16-23(9-8-21-6-4-3-5-7-21)17-20(2)26(19)32-25-14-15-29-27(31-25)30-24-12-10-22(18-28)11-13-24/h3-17H,1-2H3,(H,29,30,31)/b9-8+. The van der Waals surface area contributed by atoms with Crippen LogP contribution in [0.5, 0.6) is 11.6 Å². The van der Waals surface area contributed by atoms with E-state index in [0.29, 0.717) is 17.4 Å². The van der Waals surface area contributed by atoms with Crippen molar-refractivity contribution in [3.8, 4) is 17.7 Å². The lowest BCUT2D eigenvalue weighted by atomic mass is 10.0. The largest absolute Gasteiger partial charge is 0.438 e. The molecule has 1 heterocycles. The molecule has 156 valence electrons. The maximum Gasteiger partial charge on any atom is 0.230 e. The van der Waals surface area contributed by atoms with Crippen LogP contribution in [0.15, 0.2) is 79.0 Å². The number of hydrogen-bond donors (Lipinski definition) is 1. The first-order chi connectivity index (χ1) is 15.6. The number of nitriles is 1. The fraction of sp³-hybridized carbons (Fsp3) is 0.0741. The number of nitrogens with one attached hydrogen (secondary N) is 1. The van der Waals surface area contributed by atoms with Crippen molar-refractivity contribution in [1.82, 2.24) is 9.97 Å². The number of nitrogens with zero attached hydrogens (tertiary/aromatic N) is 3. The van der Waals surface area contributed by atoms with E-state index in [9.17, 15) is 0 Å². The number of aromatic nitrogens is 2. The maximum absolute atomic E-state index is 8.92. The Labute approximate surface area is 187 Å². The highest BCUT2D eigenvalue weighted by Crippen LogP contribution is 2.30. The van der Waals surface area contributed by atoms with Crippen molar-refractivity contribution in [2.24, 2.45) is 0 Å². The lowest BCUT2D eigenvalue weighted by Crippen LogP contribution is -1.99. The van der Waals surface area contributed by atoms with Gasteiger partial charge in [-0.15, -0.1) is 0 Å². The van der Waals surface area contributed by atoms with Gasteiger partial charge in [-0.05, 0) is 72.5 Å². The minimum Gasteiger partial charge on any atom is -0.438 e. The highest BCUT2D eigenvalue weighted by Gasteiger charge is 2.09. The van der Waals surface area contributed by atoms with Crippen LogP contribution in [0.2, 0.25) is 0 Å². The molecule has 0 saturated heterocycles. The van der Waals surface area contributed by atoms with Gasteiger partial charge in [0.05, 0.1) is 11.6 Å². The molecule has 5 heteroatoms. The average Bonchev–Trinajstić information content (AvgIpc) is 2.81. The molecule has 0 radical (unpaired) electrons. The second kappa shape index (κ2) is 9.59. The summed E-state index contributed by atoms with van der Waals surface area (Å²) in [5.74, 6) is 1.66. The van der Waals surface area contributed by atoms with Gasteiger partial charge in [-0.1, -0.05) is 42.5 Å². The third kappa shape index (κ3) is 5.18. The second-order valence-corrected chi connectivity index (χ2v) is 7.36. The van der Waals surface area contributed by atoms with Crippen LogP contribution in [0.4, 0.5) is 11.6 Å². The van der Waals surface area contributed by atoms with Gasteiger partial charge in [0.15, 0.2) is 0 Å². The Morgan fingerprint density at radius 2 is 1.56 bits per heavy atom. The molecule has 1 aromatic heterocycles. The molecule has 0 saturated carbocycles. The highest BCUT2D eigenvalue weighted by molar-refractivity contribution is 5.71. The van der Waals surface area contributed by atoms with Crippen molar-refractivity contribution in [3.05, 3.63) is 107 Å². The maximum atomic E-state index is 8.92. The van der Waals surface area contributed by atoms with Crippen LogP contribution in [-0.4, -0.2) is 9.97 Å². The zero-order valence-corrected chi connectivity index (χ0v) is 17.9. The van der Waals surface area contributed by atoms with Crippen LogP contribution in [0.3, 0.4) is 0 Å². The van der Waals surface area contributed by atoms with Crippen molar-refractivity contribution in [2.75, 3.05) is 5.32 Å². The molecule has 0 unspecified atom stereocenters. The first-order valence-electron chi connectivity index (χ1n) is 10.2. The number of aryl methyl sites for hydroxylation is 2. The molecule has 4 aromatic rings. The molecule has 0 aliphatic carbocycles. The smallest absolute Gasteiger partial charge is 0.230 e. The molecule has 32 heavy (non-hydrogen) atoms. The summed E-state index contributed by atoms with van der Waals surface area (Å²) in [7, 11) is 0. The summed E-state index contributed by atoms with van der Waals surface area (Å²) in [5.41, 5.74) is 5.72. The quantitative estimate of drug-likeness (QED) is 0.354. The van der Waals surface area contributed by atoms with Crippen LogP contribution >= 0.6 is 0 Å². The second-order valence-electron chi connectivity index (χ2n) is 7.36. The van der Waals surface area contributed by atoms with E-state index in [4.69, 9.17) is 10.00 Å². The SMILES string of the molecule is Cc1cc(/C=C/c2ccccc2)cc(C)c1Oc1ccnc(Nc2ccc(C#N)cc2)n1. The summed E-state index contributed by atoms with van der Waals surface area (Å²) >= 11 is 0. The molecular weight excluding hydrogens is 396 g/mol. The number of anilines is 2. The van der Waals surface area contributed by atoms with Crippen molar-refractivity contribution in [2.45, 2.75) is 13.8 Å². The summed E-state index contributed by atoms with van der Waals surface area (Å²) in [5, 5.41) is 12.1. The zero-order chi connectivity index (χ0) is 22.3. The van der Waals surface area contributed by atoms with E-state index in [1.54, 1.807) is 24.4 Å². The molecule has 0 amide bonds. The van der Waals surface area contributed by atoms with Crippen molar-refractivity contribution >= 4 is 23.8 Å². The van der Waals surface area contributed by atoms with Gasteiger partial charge >= 0.3 is 0 Å². The van der Waals surface area contributed by atoms with Gasteiger partial charge in [-0.3, -0.25) is 0 Å². The summed E-state index contributed by atoms with van der Waals surface area (Å²) < 4.78 is 6.11. The van der Waals surface area contributed by atoms with E-state index < -0.39 is 0 Å². The van der Waals surface area contributed by atoms with Gasteiger partial charge < -0.3 is 10.1 Å². The van der Waals surface area contributed by atoms with Crippen LogP contribution in [0.1, 0.15) is 27.8 Å². The van der Waals surface area contributed by atoms with Crippen LogP contribution in [0.25, 0.3) is 12.2 Å². The molecule has 3 aromatic carbocycles. The van der Waals surface area contributed by atoms with E-state index in [1.165, 1.54) is 0 Å². The molecular formula is C27H22N4O. The fourth-order valence-electron chi connectivity index (χ4n) is 3.32. The summed E-state index contributed by atoms with van der Waals surface area (Å²) in [6, 6.07) is 25.3. The first-order valence-corrected chi connectivity index (χ1v) is 10.2. The van der Waals surface area contributed by atoms with Gasteiger partial charge in [0.2, 0.25) is 11.8 Å². The number of benzene rings is 3. The van der Waals surface area contributed by atoms with Crippen molar-refractivity contribution in [3.63, 3.8) is 0 Å². The lowest BCUT2D eigenvalue weighted by molar-refractivity contribution is 0.455. The van der Waals surface area contributed by atoms with Gasteiger partial charge in [0.1, 0.15) is 5.75 Å². The normalized spacial score (nSPS) is 10.7. The van der Waals surface area contributed by atoms with Crippen LogP contribution < -0.4 is 10.1 Å². The summed E-state index contributed by atoms with van der Waals surface area (Å²) in [6.07, 6.45) is 5.85. The Morgan fingerprint density at radius 3 is 2.25 bits per heavy atom. The van der Waals surface area contributed by atoms with E-state index in [2.05, 4.69) is 57.8 Å². The Bertz CT molecular complexity index is 1270. The predicted molar refractivity (Wildman–Crippen MR) is 128 cm³/mol. The zero-order valence-electron chi connectivity index (χ0n) is 17.9. The Balaban J connectivity index is 1.50. The van der Waals surface area contributed by atoms with Crippen LogP contribution in [-0.2, 0) is 0 Å². The van der Waals surface area contributed by atoms with Crippen molar-refractivity contribution in [1.29, 1.82) is 5.26 Å². The van der Waals surface area contributed by atoms with E-state index in [-0.39, 0.29) is 0 Å². The highest BCUT2D eigenvalue weighted by atomic mass is 16.5. The van der Waals surface area contributed by atoms with Crippen molar-refractivity contribution < 1.29 is 4.74 Å². The third-order valence-corrected chi connectivity index (χ3v) is 4.86. The van der Waals surface area contributed by atoms with Gasteiger partial charge in [-0.25, -0.2) is 4.98 Å². The minimum atomic E-state index is 0.421. The Kier molecular flexibility index (Phi) is 6.24. The monoisotopic (exact) mass is 418 g/mol. The fourth-order valence-corrected chi connectivity index (χ4v) is 3.32. The summed E-state index contributed by atoms with van der Waals surface area (Å²) in [6.45, 7) is 4.05. The lowest BCUT2D eigenvalue weighted by Gasteiger charge is -2.13. The minimum absolute atomic E-state index is 0.421. The third-order valence-electron chi connectivity index (χ3n) is 4.86. The van der Waals surface area contributed by atoms with Crippen LogP contribution in [0, 0.1) is 25.2 Å². The molecule has 5 nitrogen and oxygen atoms in total. The average molecular weight is 419 g/mol. The molecule has 1 N–H and O–H groups in total. The molecule has 0 aliphatic rings. The summed E-state index contributed by atoms with van der Waals surface area (Å²) in [4.78, 5) is 8.72. The predicted octanol–water partition coefficient (Wildman–Crippen LogP) is 6.67. The van der Waals surface area contributed by atoms with E-state index >= 15 is 0 Å². The molecule has 0 bridgehead atoms. The Morgan fingerprint density at radius 1 is 0.875 bits per heavy atom. The van der Waals surface area contributed by atoms with Gasteiger partial charge in [-0.2, -0.15) is 10.2 Å². The number of hydrogen-bond acceptors (Lipinski definition) is 5. The molecule has 0 fully saturated rings. The van der Waals surface area contributed by atoms with E-state index in [1.807, 2.05) is 44.2 Å². The van der Waals surface area contributed by atoms with E-state index in [0.717, 1.165) is 33.7 Å². The van der Waals surface area contributed by atoms with Gasteiger partial charge in [0.25, 0.3) is 0 Å². The first kappa shape index (κ1) is 20.8. The molecule has 0 spiro atoms. The Hall–Kier alpha value is -4.43. The number of ether oxygens (including phenoxy) is 1. The van der Waals surface area contributed by atoms with Gasteiger partial charge in [0, 0.05) is 18.0 Å².